The summed E-state index contributed by atoms with van der Waals surface area (Å²) in [6, 6.07) is 8.13. The summed E-state index contributed by atoms with van der Waals surface area (Å²) in [6.07, 6.45) is 0. The van der Waals surface area contributed by atoms with Gasteiger partial charge in [-0.15, -0.1) is 11.3 Å². The van der Waals surface area contributed by atoms with Gasteiger partial charge in [0.15, 0.2) is 0 Å². The second-order valence-corrected chi connectivity index (χ2v) is 7.25. The molecule has 0 radical (unpaired) electrons. The third-order valence-corrected chi connectivity index (χ3v) is 5.48. The first-order valence-electron chi connectivity index (χ1n) is 7.61. The standard InChI is InChI=1S/C17H17FN2O2S2/c1-2-22-7-8-23-10-15-19-13-9-14(24-16(13)17(21)20-15)11-3-5-12(18)6-4-11/h3-6,9H,2,7-8,10H2,1H3,(H,19,20,21). The number of thioether (sulfide) groups is 1. The van der Waals surface area contributed by atoms with Crippen molar-refractivity contribution in [2.75, 3.05) is 19.0 Å². The van der Waals surface area contributed by atoms with Crippen LogP contribution < -0.4 is 5.56 Å². The van der Waals surface area contributed by atoms with Gasteiger partial charge in [-0.05, 0) is 30.7 Å². The number of fused-ring (bicyclic) bond motifs is 1. The first-order chi connectivity index (χ1) is 11.7. The fraction of sp³-hybridized carbons (Fsp3) is 0.294. The SMILES string of the molecule is CCOCCSCc1nc2cc(-c3ccc(F)cc3)sc2c(=O)[nH]1. The molecule has 0 fully saturated rings. The molecule has 1 N–H and O–H groups in total. The lowest BCUT2D eigenvalue weighted by atomic mass is 10.2. The van der Waals surface area contributed by atoms with Crippen LogP contribution in [-0.2, 0) is 10.5 Å². The van der Waals surface area contributed by atoms with Gasteiger partial charge in [0.25, 0.3) is 5.56 Å². The molecule has 0 saturated heterocycles. The summed E-state index contributed by atoms with van der Waals surface area (Å²) in [7, 11) is 0. The lowest BCUT2D eigenvalue weighted by Gasteiger charge is -2.02. The highest BCUT2D eigenvalue weighted by Gasteiger charge is 2.10. The van der Waals surface area contributed by atoms with E-state index in [9.17, 15) is 9.18 Å². The van der Waals surface area contributed by atoms with Crippen LogP contribution in [0.4, 0.5) is 4.39 Å². The van der Waals surface area contributed by atoms with Gasteiger partial charge in [0.1, 0.15) is 16.3 Å². The highest BCUT2D eigenvalue weighted by Crippen LogP contribution is 2.31. The molecule has 0 bridgehead atoms. The van der Waals surface area contributed by atoms with Crippen molar-refractivity contribution in [3.8, 4) is 10.4 Å². The maximum Gasteiger partial charge on any atom is 0.268 e. The number of H-pyrrole nitrogens is 1. The van der Waals surface area contributed by atoms with E-state index in [0.717, 1.165) is 16.2 Å². The van der Waals surface area contributed by atoms with Crippen LogP contribution in [-0.4, -0.2) is 28.9 Å². The Morgan fingerprint density at radius 1 is 1.33 bits per heavy atom. The molecule has 4 nitrogen and oxygen atoms in total. The van der Waals surface area contributed by atoms with E-state index in [1.54, 1.807) is 23.9 Å². The predicted octanol–water partition coefficient (Wildman–Crippen LogP) is 4.06. The lowest BCUT2D eigenvalue weighted by Crippen LogP contribution is -2.09. The number of nitrogens with one attached hydrogen (secondary N) is 1. The summed E-state index contributed by atoms with van der Waals surface area (Å²) in [4.78, 5) is 20.5. The number of hydrogen-bond donors (Lipinski definition) is 1. The molecular formula is C17H17FN2O2S2. The Morgan fingerprint density at radius 2 is 2.12 bits per heavy atom. The fourth-order valence-corrected chi connectivity index (χ4v) is 3.95. The van der Waals surface area contributed by atoms with E-state index in [2.05, 4.69) is 9.97 Å². The largest absolute Gasteiger partial charge is 0.381 e. The van der Waals surface area contributed by atoms with Gasteiger partial charge in [-0.25, -0.2) is 9.37 Å². The van der Waals surface area contributed by atoms with Crippen LogP contribution in [0, 0.1) is 5.82 Å². The minimum atomic E-state index is -0.276. The molecule has 0 atom stereocenters. The molecule has 0 aliphatic rings. The number of halogens is 1. The first-order valence-corrected chi connectivity index (χ1v) is 9.58. The van der Waals surface area contributed by atoms with Gasteiger partial charge in [0.2, 0.25) is 0 Å². The van der Waals surface area contributed by atoms with Gasteiger partial charge in [-0.1, -0.05) is 12.1 Å². The van der Waals surface area contributed by atoms with Crippen LogP contribution in [0.5, 0.6) is 0 Å². The van der Waals surface area contributed by atoms with Crippen LogP contribution in [0.2, 0.25) is 0 Å². The molecule has 0 amide bonds. The second-order valence-electron chi connectivity index (χ2n) is 5.09. The summed E-state index contributed by atoms with van der Waals surface area (Å²) in [6.45, 7) is 3.37. The van der Waals surface area contributed by atoms with Crippen molar-refractivity contribution in [3.63, 3.8) is 0 Å². The summed E-state index contributed by atoms with van der Waals surface area (Å²) >= 11 is 3.04. The molecule has 2 aromatic heterocycles. The van der Waals surface area contributed by atoms with Crippen LogP contribution >= 0.6 is 23.1 Å². The first kappa shape index (κ1) is 17.1. The summed E-state index contributed by atoms with van der Waals surface area (Å²) < 4.78 is 18.9. The monoisotopic (exact) mass is 364 g/mol. The summed E-state index contributed by atoms with van der Waals surface area (Å²) in [5.74, 6) is 1.89. The Balaban J connectivity index is 1.80. The molecule has 24 heavy (non-hydrogen) atoms. The van der Waals surface area contributed by atoms with E-state index in [1.165, 1.54) is 23.5 Å². The average Bonchev–Trinajstić information content (AvgIpc) is 3.00. The normalized spacial score (nSPS) is 11.2. The van der Waals surface area contributed by atoms with Gasteiger partial charge >= 0.3 is 0 Å². The lowest BCUT2D eigenvalue weighted by molar-refractivity contribution is 0.164. The van der Waals surface area contributed by atoms with Crippen LogP contribution in [0.1, 0.15) is 12.7 Å². The number of ether oxygens (including phenoxy) is 1. The number of aromatic nitrogens is 2. The van der Waals surface area contributed by atoms with E-state index >= 15 is 0 Å². The van der Waals surface area contributed by atoms with E-state index in [0.29, 0.717) is 35.0 Å². The molecule has 3 rings (SSSR count). The van der Waals surface area contributed by atoms with Crippen molar-refractivity contribution in [2.45, 2.75) is 12.7 Å². The number of thiophene rings is 1. The van der Waals surface area contributed by atoms with Crippen molar-refractivity contribution in [2.24, 2.45) is 0 Å². The topological polar surface area (TPSA) is 55.0 Å². The molecule has 0 aliphatic heterocycles. The molecule has 0 saturated carbocycles. The zero-order valence-corrected chi connectivity index (χ0v) is 14.8. The number of benzene rings is 1. The Kier molecular flexibility index (Phi) is 5.65. The van der Waals surface area contributed by atoms with Crippen molar-refractivity contribution in [3.05, 3.63) is 52.3 Å². The van der Waals surface area contributed by atoms with E-state index in [1.807, 2.05) is 13.0 Å². The summed E-state index contributed by atoms with van der Waals surface area (Å²) in [5, 5.41) is 0. The molecule has 126 valence electrons. The highest BCUT2D eigenvalue weighted by molar-refractivity contribution is 7.98. The zero-order valence-electron chi connectivity index (χ0n) is 13.2. The number of rotatable bonds is 7. The Labute approximate surface area is 147 Å². The van der Waals surface area contributed by atoms with Gasteiger partial charge in [0.05, 0.1) is 17.9 Å². The number of aromatic amines is 1. The third kappa shape index (κ3) is 4.03. The average molecular weight is 364 g/mol. The zero-order chi connectivity index (χ0) is 16.9. The van der Waals surface area contributed by atoms with Gasteiger partial charge < -0.3 is 9.72 Å². The Hall–Kier alpha value is -1.70. The second kappa shape index (κ2) is 7.92. The Bertz CT molecular complexity index is 874. The van der Waals surface area contributed by atoms with Gasteiger partial charge in [0, 0.05) is 17.2 Å². The molecule has 2 heterocycles. The third-order valence-electron chi connectivity index (χ3n) is 3.38. The van der Waals surface area contributed by atoms with Gasteiger partial charge in [-0.3, -0.25) is 4.79 Å². The molecule has 0 spiro atoms. The Morgan fingerprint density at radius 3 is 2.88 bits per heavy atom. The summed E-state index contributed by atoms with van der Waals surface area (Å²) in [5.41, 5.74) is 1.44. The van der Waals surface area contributed by atoms with Crippen LogP contribution in [0.25, 0.3) is 20.7 Å². The smallest absolute Gasteiger partial charge is 0.268 e. The predicted molar refractivity (Wildman–Crippen MR) is 98.3 cm³/mol. The van der Waals surface area contributed by atoms with Crippen molar-refractivity contribution >= 4 is 33.3 Å². The highest BCUT2D eigenvalue weighted by atomic mass is 32.2. The van der Waals surface area contributed by atoms with E-state index in [-0.39, 0.29) is 11.4 Å². The van der Waals surface area contributed by atoms with Crippen molar-refractivity contribution in [1.29, 1.82) is 0 Å². The molecule has 1 aromatic carbocycles. The number of hydrogen-bond acceptors (Lipinski definition) is 5. The minimum absolute atomic E-state index is 0.126. The molecule has 7 heteroatoms. The minimum Gasteiger partial charge on any atom is -0.381 e. The molecule has 0 aliphatic carbocycles. The molecule has 3 aromatic rings. The van der Waals surface area contributed by atoms with Gasteiger partial charge in [-0.2, -0.15) is 11.8 Å². The quantitative estimate of drug-likeness (QED) is 0.643. The maximum absolute atomic E-state index is 13.0. The van der Waals surface area contributed by atoms with Crippen LogP contribution in [0.3, 0.4) is 0 Å². The van der Waals surface area contributed by atoms with Crippen molar-refractivity contribution in [1.82, 2.24) is 9.97 Å². The number of nitrogens with zero attached hydrogens (tertiary/aromatic N) is 1. The maximum atomic E-state index is 13.0. The van der Waals surface area contributed by atoms with E-state index < -0.39 is 0 Å². The molecular weight excluding hydrogens is 347 g/mol. The fourth-order valence-electron chi connectivity index (χ4n) is 2.24. The van der Waals surface area contributed by atoms with E-state index in [4.69, 9.17) is 4.74 Å². The van der Waals surface area contributed by atoms with Crippen LogP contribution in [0.15, 0.2) is 35.1 Å². The van der Waals surface area contributed by atoms with Crippen molar-refractivity contribution < 1.29 is 9.13 Å². The molecule has 0 unspecified atom stereocenters.